The topological polar surface area (TPSA) is 127 Å². The summed E-state index contributed by atoms with van der Waals surface area (Å²) in [7, 11) is 0. The largest absolute Gasteiger partial charge is 0.481 e. The summed E-state index contributed by atoms with van der Waals surface area (Å²) in [4.78, 5) is 33.7. The molecule has 2 N–H and O–H groups in total. The number of hydrogen-bond donors (Lipinski definition) is 2. The van der Waals surface area contributed by atoms with Crippen LogP contribution in [-0.2, 0) is 34.9 Å². The van der Waals surface area contributed by atoms with E-state index in [-0.39, 0.29) is 25.6 Å². The standard InChI is InChI=1S/C19H34O8S/c1-2-3-4-5-6-7-8-9-10-12-18(22)26-13-11-14-27-19(23)16(28(24)25)15-17(20)21/h16H,2-15H2,1H3,(H,20,21)(H,24,25). The van der Waals surface area contributed by atoms with Crippen molar-refractivity contribution in [3.05, 3.63) is 0 Å². The van der Waals surface area contributed by atoms with Crippen molar-refractivity contribution >= 4 is 29.0 Å². The minimum Gasteiger partial charge on any atom is -0.481 e. The first kappa shape index (κ1) is 26.5. The van der Waals surface area contributed by atoms with E-state index in [1.807, 2.05) is 0 Å². The Morgan fingerprint density at radius 3 is 1.93 bits per heavy atom. The van der Waals surface area contributed by atoms with Crippen LogP contribution < -0.4 is 0 Å². The lowest BCUT2D eigenvalue weighted by Gasteiger charge is -2.10. The first-order valence-corrected chi connectivity index (χ1v) is 11.2. The van der Waals surface area contributed by atoms with E-state index < -0.39 is 34.7 Å². The molecular formula is C19H34O8S. The molecule has 0 rings (SSSR count). The van der Waals surface area contributed by atoms with Crippen molar-refractivity contribution in [2.75, 3.05) is 13.2 Å². The first-order valence-electron chi connectivity index (χ1n) is 10.0. The van der Waals surface area contributed by atoms with Gasteiger partial charge in [-0.1, -0.05) is 58.3 Å². The fourth-order valence-corrected chi connectivity index (χ4v) is 3.08. The molecule has 28 heavy (non-hydrogen) atoms. The van der Waals surface area contributed by atoms with Gasteiger partial charge in [0.15, 0.2) is 16.3 Å². The van der Waals surface area contributed by atoms with Crippen LogP contribution in [0, 0.1) is 0 Å². The van der Waals surface area contributed by atoms with E-state index in [4.69, 9.17) is 19.1 Å². The van der Waals surface area contributed by atoms with Crippen LogP contribution in [-0.4, -0.2) is 50.2 Å². The zero-order valence-electron chi connectivity index (χ0n) is 16.7. The molecule has 0 saturated carbocycles. The summed E-state index contributed by atoms with van der Waals surface area (Å²) >= 11 is -2.62. The maximum absolute atomic E-state index is 11.6. The molecule has 0 amide bonds. The molecule has 2 atom stereocenters. The number of hydrogen-bond acceptors (Lipinski definition) is 6. The number of aliphatic carboxylic acids is 1. The van der Waals surface area contributed by atoms with Gasteiger partial charge < -0.3 is 19.1 Å². The summed E-state index contributed by atoms with van der Waals surface area (Å²) in [5.74, 6) is -2.71. The quantitative estimate of drug-likeness (QED) is 0.195. The van der Waals surface area contributed by atoms with Gasteiger partial charge in [0.25, 0.3) is 0 Å². The molecule has 0 radical (unpaired) electrons. The Labute approximate surface area is 169 Å². The Kier molecular flexibility index (Phi) is 16.7. The molecule has 0 aliphatic carbocycles. The van der Waals surface area contributed by atoms with Gasteiger partial charge in [0.05, 0.1) is 19.6 Å². The molecule has 164 valence electrons. The first-order chi connectivity index (χ1) is 13.4. The minimum absolute atomic E-state index is 0.0787. The smallest absolute Gasteiger partial charge is 0.324 e. The van der Waals surface area contributed by atoms with Crippen LogP contribution in [0.5, 0.6) is 0 Å². The third-order valence-electron chi connectivity index (χ3n) is 4.15. The Balaban J connectivity index is 3.62. The summed E-state index contributed by atoms with van der Waals surface area (Å²) in [6, 6.07) is 0. The summed E-state index contributed by atoms with van der Waals surface area (Å²) in [5.41, 5.74) is 0. The highest BCUT2D eigenvalue weighted by molar-refractivity contribution is 7.80. The third kappa shape index (κ3) is 15.6. The maximum atomic E-state index is 11.6. The maximum Gasteiger partial charge on any atom is 0.324 e. The average Bonchev–Trinajstić information content (AvgIpc) is 2.64. The summed E-state index contributed by atoms with van der Waals surface area (Å²) < 4.78 is 29.7. The highest BCUT2D eigenvalue weighted by Crippen LogP contribution is 2.11. The number of carbonyl (C=O) groups is 3. The number of esters is 2. The summed E-state index contributed by atoms with van der Waals surface area (Å²) in [5, 5.41) is 6.99. The normalized spacial score (nSPS) is 12.9. The monoisotopic (exact) mass is 422 g/mol. The second-order valence-electron chi connectivity index (χ2n) is 6.68. The highest BCUT2D eigenvalue weighted by Gasteiger charge is 2.28. The lowest BCUT2D eigenvalue weighted by Crippen LogP contribution is -2.30. The van der Waals surface area contributed by atoms with Gasteiger partial charge in [0.2, 0.25) is 0 Å². The van der Waals surface area contributed by atoms with Crippen molar-refractivity contribution in [3.63, 3.8) is 0 Å². The lowest BCUT2D eigenvalue weighted by molar-refractivity contribution is -0.148. The molecule has 0 aromatic heterocycles. The van der Waals surface area contributed by atoms with Gasteiger partial charge in [-0.2, -0.15) is 0 Å². The molecular weight excluding hydrogens is 388 g/mol. The van der Waals surface area contributed by atoms with Crippen molar-refractivity contribution in [1.29, 1.82) is 0 Å². The number of rotatable bonds is 18. The zero-order chi connectivity index (χ0) is 21.2. The molecule has 0 aromatic rings. The van der Waals surface area contributed by atoms with Crippen LogP contribution in [0.2, 0.25) is 0 Å². The molecule has 0 bridgehead atoms. The zero-order valence-corrected chi connectivity index (χ0v) is 17.5. The number of carboxylic acids is 1. The molecule has 2 unspecified atom stereocenters. The fourth-order valence-electron chi connectivity index (χ4n) is 2.56. The molecule has 0 fully saturated rings. The third-order valence-corrected chi connectivity index (χ3v) is 4.99. The Hall–Kier alpha value is -1.48. The Morgan fingerprint density at radius 2 is 1.39 bits per heavy atom. The summed E-state index contributed by atoms with van der Waals surface area (Å²) in [6.07, 6.45) is 10.3. The molecule has 0 saturated heterocycles. The van der Waals surface area contributed by atoms with Crippen LogP contribution in [0.25, 0.3) is 0 Å². The molecule has 0 aliphatic rings. The van der Waals surface area contributed by atoms with Crippen LogP contribution in [0.1, 0.15) is 84.0 Å². The van der Waals surface area contributed by atoms with Gasteiger partial charge >= 0.3 is 17.9 Å². The number of unbranched alkanes of at least 4 members (excludes halogenated alkanes) is 8. The molecule has 0 heterocycles. The van der Waals surface area contributed by atoms with Crippen molar-refractivity contribution in [2.45, 2.75) is 89.2 Å². The number of carboxylic acid groups (broad SMARTS) is 1. The van der Waals surface area contributed by atoms with E-state index in [0.29, 0.717) is 6.42 Å². The summed E-state index contributed by atoms with van der Waals surface area (Å²) in [6.45, 7) is 2.16. The molecule has 9 heteroatoms. The van der Waals surface area contributed by atoms with Gasteiger partial charge in [0.1, 0.15) is 0 Å². The Morgan fingerprint density at radius 1 is 0.857 bits per heavy atom. The van der Waals surface area contributed by atoms with Gasteiger partial charge in [-0.15, -0.1) is 0 Å². The average molecular weight is 423 g/mol. The van der Waals surface area contributed by atoms with E-state index in [9.17, 15) is 18.6 Å². The van der Waals surface area contributed by atoms with Crippen molar-refractivity contribution < 1.29 is 37.7 Å². The van der Waals surface area contributed by atoms with E-state index >= 15 is 0 Å². The SMILES string of the molecule is CCCCCCCCCCCC(=O)OCCCOC(=O)C(CC(=O)O)S(=O)O. The van der Waals surface area contributed by atoms with E-state index in [2.05, 4.69) is 6.92 Å². The van der Waals surface area contributed by atoms with Gasteiger partial charge in [0, 0.05) is 12.8 Å². The predicted molar refractivity (Wildman–Crippen MR) is 105 cm³/mol. The second-order valence-corrected chi connectivity index (χ2v) is 7.80. The highest BCUT2D eigenvalue weighted by atomic mass is 32.2. The van der Waals surface area contributed by atoms with E-state index in [1.165, 1.54) is 38.5 Å². The van der Waals surface area contributed by atoms with Gasteiger partial charge in [-0.05, 0) is 6.42 Å². The predicted octanol–water partition coefficient (Wildman–Crippen LogP) is 3.45. The Bertz CT molecular complexity index is 481. The minimum atomic E-state index is -2.62. The van der Waals surface area contributed by atoms with Crippen LogP contribution in [0.15, 0.2) is 0 Å². The van der Waals surface area contributed by atoms with Crippen molar-refractivity contribution in [1.82, 2.24) is 0 Å². The molecule has 8 nitrogen and oxygen atoms in total. The molecule has 0 spiro atoms. The van der Waals surface area contributed by atoms with Crippen molar-refractivity contribution in [3.8, 4) is 0 Å². The fraction of sp³-hybridized carbons (Fsp3) is 0.842. The lowest BCUT2D eigenvalue weighted by atomic mass is 10.1. The van der Waals surface area contributed by atoms with Crippen LogP contribution in [0.3, 0.4) is 0 Å². The van der Waals surface area contributed by atoms with Crippen LogP contribution >= 0.6 is 0 Å². The van der Waals surface area contributed by atoms with Gasteiger partial charge in [-0.3, -0.25) is 14.4 Å². The van der Waals surface area contributed by atoms with E-state index in [1.54, 1.807) is 0 Å². The second kappa shape index (κ2) is 17.6. The van der Waals surface area contributed by atoms with Gasteiger partial charge in [-0.25, -0.2) is 4.21 Å². The number of carbonyl (C=O) groups excluding carboxylic acids is 2. The van der Waals surface area contributed by atoms with Crippen molar-refractivity contribution in [2.24, 2.45) is 0 Å². The molecule has 0 aromatic carbocycles. The van der Waals surface area contributed by atoms with E-state index in [0.717, 1.165) is 19.3 Å². The molecule has 0 aliphatic heterocycles. The van der Waals surface area contributed by atoms with Crippen LogP contribution in [0.4, 0.5) is 0 Å². The number of ether oxygens (including phenoxy) is 2.